The van der Waals surface area contributed by atoms with E-state index in [0.29, 0.717) is 30.9 Å². The van der Waals surface area contributed by atoms with Crippen molar-refractivity contribution in [2.75, 3.05) is 7.11 Å². The Hall–Kier alpha value is -3.42. The molecule has 182 valence electrons. The largest absolute Gasteiger partial charge is 0.475 e. The average Bonchev–Trinajstić information content (AvgIpc) is 3.49. The fourth-order valence-electron chi connectivity index (χ4n) is 3.90. The number of methoxy groups -OCH3 is 1. The Kier molecular flexibility index (Phi) is 7.68. The number of aliphatic hydroxyl groups excluding tert-OH is 1. The second-order valence-corrected chi connectivity index (χ2v) is 9.76. The number of rotatable bonds is 10. The first-order valence-electron chi connectivity index (χ1n) is 11.5. The topological polar surface area (TPSA) is 81.8 Å². The van der Waals surface area contributed by atoms with Gasteiger partial charge in [0.25, 0.3) is 0 Å². The number of aromatic nitrogens is 1. The molecule has 2 aromatic heterocycles. The standard InChI is InChI=1S/C28H29NO5S/c1-19-23(29-26(33-19)20-10-6-4-7-11-20)15-16-24(30)25-17-14-22(35-25)18-28(2,27(31)32-3)34-21-12-8-5-9-13-21/h4-14,17,24,30H,15-16,18H2,1-3H3. The minimum absolute atomic E-state index is 0.328. The Bertz CT molecular complexity index is 1250. The Morgan fingerprint density at radius 1 is 1.09 bits per heavy atom. The third-order valence-corrected chi connectivity index (χ3v) is 6.98. The molecule has 7 heteroatoms. The van der Waals surface area contributed by atoms with E-state index in [-0.39, 0.29) is 0 Å². The van der Waals surface area contributed by atoms with Crippen molar-refractivity contribution in [3.63, 3.8) is 0 Å². The first-order valence-corrected chi connectivity index (χ1v) is 12.3. The van der Waals surface area contributed by atoms with E-state index in [1.165, 1.54) is 18.4 Å². The summed E-state index contributed by atoms with van der Waals surface area (Å²) < 4.78 is 16.9. The fraction of sp³-hybridized carbons (Fsp3) is 0.286. The summed E-state index contributed by atoms with van der Waals surface area (Å²) in [6.45, 7) is 3.62. The highest BCUT2D eigenvalue weighted by atomic mass is 32.1. The molecule has 0 fully saturated rings. The van der Waals surface area contributed by atoms with Gasteiger partial charge in [0, 0.05) is 21.7 Å². The lowest BCUT2D eigenvalue weighted by atomic mass is 10.0. The number of nitrogens with zero attached hydrogens (tertiary/aromatic N) is 1. The van der Waals surface area contributed by atoms with E-state index in [1.807, 2.05) is 67.6 Å². The summed E-state index contributed by atoms with van der Waals surface area (Å²) in [6.07, 6.45) is 0.781. The molecular weight excluding hydrogens is 462 g/mol. The maximum absolute atomic E-state index is 12.6. The van der Waals surface area contributed by atoms with Crippen molar-refractivity contribution in [2.45, 2.75) is 44.8 Å². The van der Waals surface area contributed by atoms with Crippen LogP contribution in [0.15, 0.2) is 77.2 Å². The first kappa shape index (κ1) is 24.7. The number of oxazole rings is 1. The second kappa shape index (κ2) is 10.9. The van der Waals surface area contributed by atoms with Gasteiger partial charge in [0.05, 0.1) is 18.9 Å². The number of esters is 1. The fourth-order valence-corrected chi connectivity index (χ4v) is 5.07. The van der Waals surface area contributed by atoms with Crippen molar-refractivity contribution in [3.8, 4) is 17.2 Å². The molecule has 2 heterocycles. The lowest BCUT2D eigenvalue weighted by Gasteiger charge is -2.27. The van der Waals surface area contributed by atoms with Crippen molar-refractivity contribution in [1.29, 1.82) is 0 Å². The maximum Gasteiger partial charge on any atom is 0.350 e. The molecule has 35 heavy (non-hydrogen) atoms. The van der Waals surface area contributed by atoms with Crippen LogP contribution in [0.5, 0.6) is 5.75 Å². The van der Waals surface area contributed by atoms with Crippen molar-refractivity contribution < 1.29 is 23.8 Å². The van der Waals surface area contributed by atoms with Gasteiger partial charge < -0.3 is 19.0 Å². The van der Waals surface area contributed by atoms with E-state index >= 15 is 0 Å². The number of ether oxygens (including phenoxy) is 2. The summed E-state index contributed by atoms with van der Waals surface area (Å²) in [5.74, 6) is 1.49. The quantitative estimate of drug-likeness (QED) is 0.277. The highest BCUT2D eigenvalue weighted by Gasteiger charge is 2.38. The Morgan fingerprint density at radius 2 is 1.77 bits per heavy atom. The van der Waals surface area contributed by atoms with Gasteiger partial charge in [-0.05, 0) is 63.1 Å². The van der Waals surface area contributed by atoms with Crippen LogP contribution in [-0.2, 0) is 22.4 Å². The summed E-state index contributed by atoms with van der Waals surface area (Å²) in [4.78, 5) is 18.9. The number of para-hydroxylation sites is 1. The number of carbonyl (C=O) groups excluding carboxylic acids is 1. The number of hydrogen-bond acceptors (Lipinski definition) is 7. The SMILES string of the molecule is COC(=O)C(C)(Cc1ccc(C(O)CCc2nc(-c3ccccc3)oc2C)s1)Oc1ccccc1. The van der Waals surface area contributed by atoms with Crippen molar-refractivity contribution in [3.05, 3.63) is 94.0 Å². The molecule has 0 radical (unpaired) electrons. The Balaban J connectivity index is 1.41. The van der Waals surface area contributed by atoms with E-state index in [4.69, 9.17) is 13.9 Å². The number of benzene rings is 2. The van der Waals surface area contributed by atoms with Crippen LogP contribution < -0.4 is 4.74 Å². The van der Waals surface area contributed by atoms with E-state index in [0.717, 1.165) is 26.8 Å². The maximum atomic E-state index is 12.6. The molecule has 0 saturated heterocycles. The van der Waals surface area contributed by atoms with Crippen LogP contribution >= 0.6 is 11.3 Å². The minimum Gasteiger partial charge on any atom is -0.475 e. The van der Waals surface area contributed by atoms with Gasteiger partial charge in [0.2, 0.25) is 11.5 Å². The van der Waals surface area contributed by atoms with Gasteiger partial charge in [-0.1, -0.05) is 36.4 Å². The summed E-state index contributed by atoms with van der Waals surface area (Å²) >= 11 is 1.47. The smallest absolute Gasteiger partial charge is 0.350 e. The molecule has 0 saturated carbocycles. The molecule has 4 rings (SSSR count). The van der Waals surface area contributed by atoms with Crippen molar-refractivity contribution in [2.24, 2.45) is 0 Å². The molecule has 0 amide bonds. The second-order valence-electron chi connectivity index (χ2n) is 8.56. The first-order chi connectivity index (χ1) is 16.9. The molecule has 2 aromatic carbocycles. The van der Waals surface area contributed by atoms with Gasteiger partial charge in [0.1, 0.15) is 11.5 Å². The van der Waals surface area contributed by atoms with Crippen molar-refractivity contribution >= 4 is 17.3 Å². The Labute approximate surface area is 209 Å². The van der Waals surface area contributed by atoms with Crippen molar-refractivity contribution in [1.82, 2.24) is 4.98 Å². The van der Waals surface area contributed by atoms with Crippen LogP contribution in [0.3, 0.4) is 0 Å². The molecule has 0 bridgehead atoms. The van der Waals surface area contributed by atoms with Gasteiger partial charge in [-0.3, -0.25) is 0 Å². The summed E-state index contributed by atoms with van der Waals surface area (Å²) in [5, 5.41) is 10.8. The third-order valence-electron chi connectivity index (χ3n) is 5.79. The number of hydrogen-bond donors (Lipinski definition) is 1. The molecular formula is C28H29NO5S. The number of thiophene rings is 1. The highest BCUT2D eigenvalue weighted by molar-refractivity contribution is 7.12. The van der Waals surface area contributed by atoms with Gasteiger partial charge >= 0.3 is 5.97 Å². The van der Waals surface area contributed by atoms with Gasteiger partial charge in [-0.2, -0.15) is 0 Å². The van der Waals surface area contributed by atoms with Crippen LogP contribution in [0.1, 0.15) is 40.7 Å². The molecule has 0 aliphatic heterocycles. The normalized spacial score (nSPS) is 13.7. The summed E-state index contributed by atoms with van der Waals surface area (Å²) in [7, 11) is 1.35. The van der Waals surface area contributed by atoms with Gasteiger partial charge in [-0.25, -0.2) is 9.78 Å². The zero-order valence-electron chi connectivity index (χ0n) is 20.1. The van der Waals surface area contributed by atoms with Crippen LogP contribution in [0, 0.1) is 6.92 Å². The lowest BCUT2D eigenvalue weighted by Crippen LogP contribution is -2.44. The minimum atomic E-state index is -1.19. The molecule has 0 aliphatic carbocycles. The number of aryl methyl sites for hydroxylation is 2. The molecule has 2 atom stereocenters. The van der Waals surface area contributed by atoms with E-state index in [2.05, 4.69) is 4.98 Å². The molecule has 6 nitrogen and oxygen atoms in total. The molecule has 1 N–H and O–H groups in total. The number of carbonyl (C=O) groups is 1. The van der Waals surface area contributed by atoms with Gasteiger partial charge in [-0.15, -0.1) is 11.3 Å². The predicted octanol–water partition coefficient (Wildman–Crippen LogP) is 5.93. The van der Waals surface area contributed by atoms with Crippen LogP contribution in [-0.4, -0.2) is 28.8 Å². The van der Waals surface area contributed by atoms with E-state index < -0.39 is 17.7 Å². The summed E-state index contributed by atoms with van der Waals surface area (Å²) in [6, 6.07) is 22.8. The third kappa shape index (κ3) is 5.99. The molecule has 4 aromatic rings. The Morgan fingerprint density at radius 3 is 2.46 bits per heavy atom. The highest BCUT2D eigenvalue weighted by Crippen LogP contribution is 2.32. The van der Waals surface area contributed by atoms with Crippen LogP contribution in [0.4, 0.5) is 0 Å². The molecule has 2 unspecified atom stereocenters. The van der Waals surface area contributed by atoms with Crippen LogP contribution in [0.2, 0.25) is 0 Å². The monoisotopic (exact) mass is 491 g/mol. The van der Waals surface area contributed by atoms with Crippen LogP contribution in [0.25, 0.3) is 11.5 Å². The molecule has 0 spiro atoms. The molecule has 0 aliphatic rings. The summed E-state index contributed by atoms with van der Waals surface area (Å²) in [5.41, 5.74) is 0.584. The van der Waals surface area contributed by atoms with E-state index in [9.17, 15) is 9.90 Å². The lowest BCUT2D eigenvalue weighted by molar-refractivity contribution is -0.157. The predicted molar refractivity (Wildman–Crippen MR) is 135 cm³/mol. The zero-order chi connectivity index (χ0) is 24.8. The number of aliphatic hydroxyl groups is 1. The average molecular weight is 492 g/mol. The zero-order valence-corrected chi connectivity index (χ0v) is 20.9. The van der Waals surface area contributed by atoms with E-state index in [1.54, 1.807) is 19.1 Å². The van der Waals surface area contributed by atoms with Gasteiger partial charge in [0.15, 0.2) is 0 Å².